The van der Waals surface area contributed by atoms with Crippen molar-refractivity contribution in [3.63, 3.8) is 0 Å². The van der Waals surface area contributed by atoms with Crippen LogP contribution in [0.1, 0.15) is 77.6 Å². The molecule has 0 saturated heterocycles. The summed E-state index contributed by atoms with van der Waals surface area (Å²) in [6.07, 6.45) is 15.2. The molecular formula is C16H30O. The molecule has 2 aliphatic rings. The molecule has 1 N–H and O–H groups in total. The van der Waals surface area contributed by atoms with Gasteiger partial charge in [-0.15, -0.1) is 0 Å². The zero-order valence-electron chi connectivity index (χ0n) is 11.6. The van der Waals surface area contributed by atoms with Crippen LogP contribution in [0, 0.1) is 17.3 Å². The second-order valence-corrected chi connectivity index (χ2v) is 6.59. The second kappa shape index (κ2) is 6.22. The largest absolute Gasteiger partial charge is 0.396 e. The van der Waals surface area contributed by atoms with Crippen molar-refractivity contribution in [2.75, 3.05) is 6.61 Å². The minimum absolute atomic E-state index is 0.333. The third-order valence-electron chi connectivity index (χ3n) is 5.60. The summed E-state index contributed by atoms with van der Waals surface area (Å²) in [5.74, 6) is 1.82. The van der Waals surface area contributed by atoms with Crippen LogP contribution in [0.25, 0.3) is 0 Å². The Labute approximate surface area is 107 Å². The monoisotopic (exact) mass is 238 g/mol. The molecule has 0 bridgehead atoms. The van der Waals surface area contributed by atoms with Crippen LogP contribution in [0.5, 0.6) is 0 Å². The number of rotatable bonds is 5. The van der Waals surface area contributed by atoms with Crippen LogP contribution in [-0.4, -0.2) is 11.7 Å². The third kappa shape index (κ3) is 3.05. The van der Waals surface area contributed by atoms with Crippen molar-refractivity contribution in [1.29, 1.82) is 0 Å². The van der Waals surface area contributed by atoms with Crippen molar-refractivity contribution in [1.82, 2.24) is 0 Å². The van der Waals surface area contributed by atoms with Gasteiger partial charge in [0.05, 0.1) is 0 Å². The maximum Gasteiger partial charge on any atom is 0.0490 e. The van der Waals surface area contributed by atoms with Gasteiger partial charge in [-0.25, -0.2) is 0 Å². The Morgan fingerprint density at radius 3 is 2.24 bits per heavy atom. The highest BCUT2D eigenvalue weighted by Crippen LogP contribution is 2.50. The maximum atomic E-state index is 9.86. The molecule has 1 nitrogen and oxygen atoms in total. The standard InChI is InChI=1S/C16H30O/c1-2-3-6-14-9-11-16(13-17,12-10-14)15-7-4-5-8-15/h14-15,17H,2-13H2,1H3. The van der Waals surface area contributed by atoms with Crippen molar-refractivity contribution in [2.45, 2.75) is 77.6 Å². The maximum absolute atomic E-state index is 9.86. The molecule has 0 atom stereocenters. The zero-order chi connectivity index (χ0) is 12.1. The van der Waals surface area contributed by atoms with Crippen LogP contribution in [0.4, 0.5) is 0 Å². The van der Waals surface area contributed by atoms with E-state index in [9.17, 15) is 5.11 Å². The Bertz CT molecular complexity index is 210. The Balaban J connectivity index is 1.85. The number of hydrogen-bond donors (Lipinski definition) is 1. The first-order chi connectivity index (χ1) is 8.30. The highest BCUT2D eigenvalue weighted by atomic mass is 16.3. The van der Waals surface area contributed by atoms with Crippen molar-refractivity contribution in [2.24, 2.45) is 17.3 Å². The lowest BCUT2D eigenvalue weighted by Gasteiger charge is -2.43. The van der Waals surface area contributed by atoms with Crippen LogP contribution in [0.15, 0.2) is 0 Å². The second-order valence-electron chi connectivity index (χ2n) is 6.59. The Morgan fingerprint density at radius 2 is 1.71 bits per heavy atom. The topological polar surface area (TPSA) is 20.2 Å². The molecule has 1 heteroatoms. The van der Waals surface area contributed by atoms with E-state index in [1.54, 1.807) is 0 Å². The summed E-state index contributed by atoms with van der Waals surface area (Å²) in [5, 5.41) is 9.86. The molecule has 0 aromatic rings. The molecule has 2 saturated carbocycles. The fraction of sp³-hybridized carbons (Fsp3) is 1.00. The number of aliphatic hydroxyl groups is 1. The molecule has 0 aromatic carbocycles. The molecule has 2 aliphatic carbocycles. The number of unbranched alkanes of at least 4 members (excludes halogenated alkanes) is 1. The molecule has 2 rings (SSSR count). The number of hydrogen-bond acceptors (Lipinski definition) is 1. The fourth-order valence-electron chi connectivity index (χ4n) is 4.27. The van der Waals surface area contributed by atoms with E-state index in [0.29, 0.717) is 12.0 Å². The van der Waals surface area contributed by atoms with Crippen LogP contribution in [0.3, 0.4) is 0 Å². The van der Waals surface area contributed by atoms with E-state index in [4.69, 9.17) is 0 Å². The van der Waals surface area contributed by atoms with Gasteiger partial charge in [0.15, 0.2) is 0 Å². The highest BCUT2D eigenvalue weighted by molar-refractivity contribution is 4.92. The smallest absolute Gasteiger partial charge is 0.0490 e. The zero-order valence-corrected chi connectivity index (χ0v) is 11.6. The van der Waals surface area contributed by atoms with Gasteiger partial charge in [-0.05, 0) is 55.8 Å². The average molecular weight is 238 g/mol. The van der Waals surface area contributed by atoms with E-state index in [1.165, 1.54) is 70.6 Å². The van der Waals surface area contributed by atoms with Crippen LogP contribution < -0.4 is 0 Å². The van der Waals surface area contributed by atoms with E-state index in [0.717, 1.165) is 11.8 Å². The third-order valence-corrected chi connectivity index (χ3v) is 5.60. The minimum atomic E-state index is 0.333. The van der Waals surface area contributed by atoms with Gasteiger partial charge in [-0.2, -0.15) is 0 Å². The Hall–Kier alpha value is -0.0400. The molecule has 2 fully saturated rings. The van der Waals surface area contributed by atoms with E-state index >= 15 is 0 Å². The first-order valence-corrected chi connectivity index (χ1v) is 7.91. The summed E-state index contributed by atoms with van der Waals surface area (Å²) >= 11 is 0. The molecule has 0 heterocycles. The van der Waals surface area contributed by atoms with Gasteiger partial charge in [0.2, 0.25) is 0 Å². The highest BCUT2D eigenvalue weighted by Gasteiger charge is 2.41. The normalized spacial score (nSPS) is 35.3. The lowest BCUT2D eigenvalue weighted by Crippen LogP contribution is -2.37. The quantitative estimate of drug-likeness (QED) is 0.745. The summed E-state index contributed by atoms with van der Waals surface area (Å²) in [6, 6.07) is 0. The molecule has 17 heavy (non-hydrogen) atoms. The van der Waals surface area contributed by atoms with Crippen LogP contribution in [0.2, 0.25) is 0 Å². The lowest BCUT2D eigenvalue weighted by molar-refractivity contribution is 0.00991. The van der Waals surface area contributed by atoms with Gasteiger partial charge >= 0.3 is 0 Å². The van der Waals surface area contributed by atoms with Gasteiger partial charge < -0.3 is 5.11 Å². The van der Waals surface area contributed by atoms with Gasteiger partial charge in [0.1, 0.15) is 0 Å². The van der Waals surface area contributed by atoms with Gasteiger partial charge in [0.25, 0.3) is 0 Å². The van der Waals surface area contributed by atoms with E-state index < -0.39 is 0 Å². The first kappa shape index (κ1) is 13.4. The fourth-order valence-corrected chi connectivity index (χ4v) is 4.27. The van der Waals surface area contributed by atoms with Gasteiger partial charge in [-0.1, -0.05) is 39.0 Å². The molecule has 0 amide bonds. The van der Waals surface area contributed by atoms with Gasteiger partial charge in [-0.3, -0.25) is 0 Å². The minimum Gasteiger partial charge on any atom is -0.396 e. The molecule has 0 radical (unpaired) electrons. The van der Waals surface area contributed by atoms with Crippen molar-refractivity contribution >= 4 is 0 Å². The molecule has 0 unspecified atom stereocenters. The lowest BCUT2D eigenvalue weighted by atomic mass is 9.63. The van der Waals surface area contributed by atoms with Crippen LogP contribution in [-0.2, 0) is 0 Å². The summed E-state index contributed by atoms with van der Waals surface area (Å²) in [7, 11) is 0. The molecule has 100 valence electrons. The molecule has 0 aromatic heterocycles. The molecule has 0 spiro atoms. The molecular weight excluding hydrogens is 208 g/mol. The first-order valence-electron chi connectivity index (χ1n) is 7.91. The summed E-state index contributed by atoms with van der Waals surface area (Å²) in [4.78, 5) is 0. The summed E-state index contributed by atoms with van der Waals surface area (Å²) < 4.78 is 0. The Morgan fingerprint density at radius 1 is 1.06 bits per heavy atom. The van der Waals surface area contributed by atoms with E-state index in [2.05, 4.69) is 6.92 Å². The van der Waals surface area contributed by atoms with Crippen molar-refractivity contribution in [3.05, 3.63) is 0 Å². The Kier molecular flexibility index (Phi) is 4.90. The van der Waals surface area contributed by atoms with Crippen LogP contribution >= 0.6 is 0 Å². The molecule has 0 aliphatic heterocycles. The SMILES string of the molecule is CCCCC1CCC(CO)(C2CCCC2)CC1. The van der Waals surface area contributed by atoms with Gasteiger partial charge in [0, 0.05) is 6.61 Å². The van der Waals surface area contributed by atoms with Crippen molar-refractivity contribution < 1.29 is 5.11 Å². The van der Waals surface area contributed by atoms with E-state index in [1.807, 2.05) is 0 Å². The predicted molar refractivity (Wildman–Crippen MR) is 73.0 cm³/mol. The average Bonchev–Trinajstić information content (AvgIpc) is 2.91. The van der Waals surface area contributed by atoms with E-state index in [-0.39, 0.29) is 0 Å². The summed E-state index contributed by atoms with van der Waals surface area (Å²) in [5.41, 5.74) is 0.333. The number of aliphatic hydroxyl groups excluding tert-OH is 1. The predicted octanol–water partition coefficient (Wildman–Crippen LogP) is 4.54. The van der Waals surface area contributed by atoms with Crippen molar-refractivity contribution in [3.8, 4) is 0 Å². The summed E-state index contributed by atoms with van der Waals surface area (Å²) in [6.45, 7) is 2.75.